The van der Waals surface area contributed by atoms with Gasteiger partial charge in [0.25, 0.3) is 0 Å². The zero-order chi connectivity index (χ0) is 15.0. The molecule has 0 bridgehead atoms. The standard InChI is InChI=1S/C11H19N5O3S/c1-3-16-9(13-7-14-16)6-12-11(19)15-8(10(17)18)4-5-20-2/h7-8H,3-6H2,1-2H3,(H,17,18)(H2,12,15,19). The summed E-state index contributed by atoms with van der Waals surface area (Å²) >= 11 is 1.53. The first-order valence-corrected chi connectivity index (χ1v) is 7.60. The number of amides is 2. The lowest BCUT2D eigenvalue weighted by Crippen LogP contribution is -2.46. The minimum absolute atomic E-state index is 0.203. The van der Waals surface area contributed by atoms with E-state index < -0.39 is 18.0 Å². The molecule has 0 aliphatic carbocycles. The van der Waals surface area contributed by atoms with Gasteiger partial charge in [-0.25, -0.2) is 19.3 Å². The Morgan fingerprint density at radius 2 is 2.30 bits per heavy atom. The number of rotatable bonds is 8. The number of nitrogens with one attached hydrogen (secondary N) is 2. The quantitative estimate of drug-likeness (QED) is 0.637. The molecule has 1 heterocycles. The van der Waals surface area contributed by atoms with Crippen LogP contribution in [0.2, 0.25) is 0 Å². The molecule has 20 heavy (non-hydrogen) atoms. The number of aryl methyl sites for hydroxylation is 1. The van der Waals surface area contributed by atoms with Crippen LogP contribution < -0.4 is 10.6 Å². The average Bonchev–Trinajstić information content (AvgIpc) is 2.88. The van der Waals surface area contributed by atoms with Crippen LogP contribution >= 0.6 is 11.8 Å². The SMILES string of the molecule is CCn1ncnc1CNC(=O)NC(CCSC)C(=O)O. The van der Waals surface area contributed by atoms with Crippen molar-refractivity contribution in [3.63, 3.8) is 0 Å². The predicted molar refractivity (Wildman–Crippen MR) is 75.5 cm³/mol. The van der Waals surface area contributed by atoms with Crippen LogP contribution in [0.3, 0.4) is 0 Å². The van der Waals surface area contributed by atoms with Crippen LogP contribution in [0.5, 0.6) is 0 Å². The van der Waals surface area contributed by atoms with Crippen molar-refractivity contribution in [3.8, 4) is 0 Å². The lowest BCUT2D eigenvalue weighted by atomic mass is 10.2. The molecule has 1 unspecified atom stereocenters. The minimum Gasteiger partial charge on any atom is -0.480 e. The van der Waals surface area contributed by atoms with Gasteiger partial charge in [0.1, 0.15) is 18.2 Å². The molecule has 0 aromatic carbocycles. The van der Waals surface area contributed by atoms with E-state index in [-0.39, 0.29) is 6.54 Å². The lowest BCUT2D eigenvalue weighted by Gasteiger charge is -2.14. The Kier molecular flexibility index (Phi) is 6.85. The Morgan fingerprint density at radius 1 is 1.55 bits per heavy atom. The fraction of sp³-hybridized carbons (Fsp3) is 0.636. The van der Waals surface area contributed by atoms with Crippen molar-refractivity contribution in [1.82, 2.24) is 25.4 Å². The molecule has 0 saturated heterocycles. The van der Waals surface area contributed by atoms with Crippen LogP contribution in [-0.2, 0) is 17.9 Å². The molecule has 0 spiro atoms. The molecule has 3 N–H and O–H groups in total. The second-order valence-corrected chi connectivity index (χ2v) is 4.98. The van der Waals surface area contributed by atoms with Gasteiger partial charge in [-0.05, 0) is 25.4 Å². The van der Waals surface area contributed by atoms with E-state index in [2.05, 4.69) is 20.7 Å². The maximum Gasteiger partial charge on any atom is 0.326 e. The average molecular weight is 301 g/mol. The molecule has 1 atom stereocenters. The summed E-state index contributed by atoms with van der Waals surface area (Å²) in [5, 5.41) is 18.0. The number of carbonyl (C=O) groups is 2. The number of aliphatic carboxylic acids is 1. The number of thioether (sulfide) groups is 1. The van der Waals surface area contributed by atoms with E-state index >= 15 is 0 Å². The van der Waals surface area contributed by atoms with Crippen LogP contribution in [-0.4, -0.2) is 49.9 Å². The third-order valence-corrected chi connectivity index (χ3v) is 3.26. The Morgan fingerprint density at radius 3 is 2.90 bits per heavy atom. The summed E-state index contributed by atoms with van der Waals surface area (Å²) in [6.07, 6.45) is 3.68. The monoisotopic (exact) mass is 301 g/mol. The van der Waals surface area contributed by atoms with E-state index in [9.17, 15) is 9.59 Å². The van der Waals surface area contributed by atoms with Gasteiger partial charge < -0.3 is 15.7 Å². The molecule has 9 heteroatoms. The largest absolute Gasteiger partial charge is 0.480 e. The maximum atomic E-state index is 11.7. The summed E-state index contributed by atoms with van der Waals surface area (Å²) in [5.41, 5.74) is 0. The highest BCUT2D eigenvalue weighted by Gasteiger charge is 2.19. The number of aromatic nitrogens is 3. The van der Waals surface area contributed by atoms with Gasteiger partial charge in [0, 0.05) is 6.54 Å². The van der Waals surface area contributed by atoms with E-state index in [0.717, 1.165) is 0 Å². The van der Waals surface area contributed by atoms with Crippen LogP contribution in [0.15, 0.2) is 6.33 Å². The number of hydrogen-bond donors (Lipinski definition) is 3. The second-order valence-electron chi connectivity index (χ2n) is 3.99. The highest BCUT2D eigenvalue weighted by Crippen LogP contribution is 2.01. The number of nitrogens with zero attached hydrogens (tertiary/aromatic N) is 3. The summed E-state index contributed by atoms with van der Waals surface area (Å²) < 4.78 is 1.66. The van der Waals surface area contributed by atoms with Crippen molar-refractivity contribution in [2.45, 2.75) is 32.5 Å². The molecular weight excluding hydrogens is 282 g/mol. The normalized spacial score (nSPS) is 11.9. The summed E-state index contributed by atoms with van der Waals surface area (Å²) in [6, 6.07) is -1.41. The molecule has 1 aromatic heterocycles. The molecule has 0 radical (unpaired) electrons. The number of urea groups is 1. The van der Waals surface area contributed by atoms with Gasteiger partial charge in [-0.2, -0.15) is 16.9 Å². The fourth-order valence-electron chi connectivity index (χ4n) is 1.55. The van der Waals surface area contributed by atoms with Crippen molar-refractivity contribution in [1.29, 1.82) is 0 Å². The summed E-state index contributed by atoms with van der Waals surface area (Å²) in [6.45, 7) is 2.78. The van der Waals surface area contributed by atoms with Crippen LogP contribution in [0.25, 0.3) is 0 Å². The molecule has 8 nitrogen and oxygen atoms in total. The highest BCUT2D eigenvalue weighted by atomic mass is 32.2. The zero-order valence-corrected chi connectivity index (χ0v) is 12.3. The topological polar surface area (TPSA) is 109 Å². The van der Waals surface area contributed by atoms with Gasteiger partial charge in [-0.3, -0.25) is 0 Å². The Hall–Kier alpha value is -1.77. The summed E-state index contributed by atoms with van der Waals surface area (Å²) in [4.78, 5) is 26.7. The van der Waals surface area contributed by atoms with Crippen molar-refractivity contribution < 1.29 is 14.7 Å². The van der Waals surface area contributed by atoms with Gasteiger partial charge in [0.05, 0.1) is 6.54 Å². The predicted octanol–water partition coefficient (Wildman–Crippen LogP) is 0.304. The third kappa shape index (κ3) is 5.08. The second kappa shape index (κ2) is 8.41. The molecule has 0 aliphatic heterocycles. The summed E-state index contributed by atoms with van der Waals surface area (Å²) in [7, 11) is 0. The van der Waals surface area contributed by atoms with Gasteiger partial charge in [0.15, 0.2) is 0 Å². The van der Waals surface area contributed by atoms with Gasteiger partial charge in [-0.1, -0.05) is 0 Å². The van der Waals surface area contributed by atoms with Gasteiger partial charge in [-0.15, -0.1) is 0 Å². The molecule has 1 rings (SSSR count). The molecule has 0 saturated carbocycles. The number of carboxylic acid groups (broad SMARTS) is 1. The van der Waals surface area contributed by atoms with E-state index in [4.69, 9.17) is 5.11 Å². The highest BCUT2D eigenvalue weighted by molar-refractivity contribution is 7.98. The van der Waals surface area contributed by atoms with Crippen molar-refractivity contribution in [2.24, 2.45) is 0 Å². The van der Waals surface area contributed by atoms with Crippen molar-refractivity contribution in [2.75, 3.05) is 12.0 Å². The fourth-order valence-corrected chi connectivity index (χ4v) is 2.02. The van der Waals surface area contributed by atoms with E-state index in [1.165, 1.54) is 18.1 Å². The molecule has 0 fully saturated rings. The smallest absolute Gasteiger partial charge is 0.326 e. The Bertz CT molecular complexity index is 451. The molecule has 1 aromatic rings. The Labute approximate surface area is 121 Å². The lowest BCUT2D eigenvalue weighted by molar-refractivity contribution is -0.139. The zero-order valence-electron chi connectivity index (χ0n) is 11.5. The van der Waals surface area contributed by atoms with Crippen LogP contribution in [0, 0.1) is 0 Å². The summed E-state index contributed by atoms with van der Waals surface area (Å²) in [5.74, 6) is 0.256. The molecular formula is C11H19N5O3S. The maximum absolute atomic E-state index is 11.7. The van der Waals surface area contributed by atoms with Gasteiger partial charge >= 0.3 is 12.0 Å². The molecule has 2 amide bonds. The van der Waals surface area contributed by atoms with Gasteiger partial charge in [0.2, 0.25) is 0 Å². The Balaban J connectivity index is 2.43. The first-order chi connectivity index (χ1) is 9.58. The van der Waals surface area contributed by atoms with Crippen molar-refractivity contribution in [3.05, 3.63) is 12.2 Å². The van der Waals surface area contributed by atoms with E-state index in [1.807, 2.05) is 13.2 Å². The first kappa shape index (κ1) is 16.3. The van der Waals surface area contributed by atoms with E-state index in [1.54, 1.807) is 4.68 Å². The minimum atomic E-state index is -1.04. The first-order valence-electron chi connectivity index (χ1n) is 6.21. The van der Waals surface area contributed by atoms with E-state index in [0.29, 0.717) is 24.5 Å². The number of carbonyl (C=O) groups excluding carboxylic acids is 1. The van der Waals surface area contributed by atoms with Crippen LogP contribution in [0.4, 0.5) is 4.79 Å². The molecule has 112 valence electrons. The third-order valence-electron chi connectivity index (χ3n) is 2.62. The molecule has 0 aliphatic rings. The van der Waals surface area contributed by atoms with Crippen LogP contribution in [0.1, 0.15) is 19.2 Å². The van der Waals surface area contributed by atoms with Crippen molar-refractivity contribution >= 4 is 23.8 Å². The number of carboxylic acids is 1. The number of hydrogen-bond acceptors (Lipinski definition) is 5.